The number of nitrogens with zero attached hydrogens (tertiary/aromatic N) is 2. The molecule has 0 unspecified atom stereocenters. The van der Waals surface area contributed by atoms with E-state index in [1.54, 1.807) is 0 Å². The molecule has 2 nitrogen and oxygen atoms in total. The lowest BCUT2D eigenvalue weighted by Crippen LogP contribution is -2.43. The average molecular weight is 349 g/mol. The van der Waals surface area contributed by atoms with Crippen LogP contribution in [0.1, 0.15) is 5.56 Å². The number of fused-ring (bicyclic) bond motifs is 1. The molecule has 1 saturated heterocycles. The van der Waals surface area contributed by atoms with Crippen LogP contribution in [0.5, 0.6) is 0 Å². The maximum atomic E-state index is 2.57. The molecule has 0 spiro atoms. The van der Waals surface area contributed by atoms with Crippen LogP contribution in [0, 0.1) is 0 Å². The van der Waals surface area contributed by atoms with Crippen LogP contribution in [-0.4, -0.2) is 43.0 Å². The molecule has 4 rings (SSSR count). The molecule has 0 aliphatic carbocycles. The fourth-order valence-electron chi connectivity index (χ4n) is 3.38. The zero-order chi connectivity index (χ0) is 17.1. The predicted octanol–water partition coefficient (Wildman–Crippen LogP) is 4.74. The molecule has 0 radical (unpaired) electrons. The summed E-state index contributed by atoms with van der Waals surface area (Å²) in [5.41, 5.74) is 1.44. The van der Waals surface area contributed by atoms with Gasteiger partial charge in [-0.05, 0) is 35.5 Å². The highest BCUT2D eigenvalue weighted by Gasteiger charge is 2.15. The summed E-state index contributed by atoms with van der Waals surface area (Å²) in [5, 5.41) is 2.65. The second-order valence-electron chi connectivity index (χ2n) is 6.77. The molecule has 0 saturated carbocycles. The molecule has 1 aliphatic heterocycles. The van der Waals surface area contributed by atoms with Crippen LogP contribution in [0.15, 0.2) is 76.5 Å². The average Bonchev–Trinajstić information content (AvgIpc) is 2.65. The first-order valence-electron chi connectivity index (χ1n) is 8.94. The quantitative estimate of drug-likeness (QED) is 0.672. The Morgan fingerprint density at radius 3 is 2.32 bits per heavy atom. The molecule has 128 valence electrons. The van der Waals surface area contributed by atoms with Crippen molar-refractivity contribution >= 4 is 22.5 Å². The lowest BCUT2D eigenvalue weighted by atomic mass is 10.1. The van der Waals surface area contributed by atoms with Crippen LogP contribution in [-0.2, 0) is 6.54 Å². The summed E-state index contributed by atoms with van der Waals surface area (Å²) in [5.74, 6) is 0. The van der Waals surface area contributed by atoms with E-state index < -0.39 is 0 Å². The Morgan fingerprint density at radius 1 is 0.760 bits per heavy atom. The zero-order valence-electron chi connectivity index (χ0n) is 14.7. The minimum absolute atomic E-state index is 1.04. The van der Waals surface area contributed by atoms with E-state index in [-0.39, 0.29) is 0 Å². The molecule has 1 heterocycles. The highest BCUT2D eigenvalue weighted by atomic mass is 32.2. The summed E-state index contributed by atoms with van der Waals surface area (Å²) < 4.78 is 0. The van der Waals surface area contributed by atoms with E-state index in [2.05, 4.69) is 83.6 Å². The number of rotatable bonds is 4. The van der Waals surface area contributed by atoms with Crippen molar-refractivity contribution in [2.45, 2.75) is 16.3 Å². The molecular weight excluding hydrogens is 324 g/mol. The number of hydrogen-bond acceptors (Lipinski definition) is 3. The van der Waals surface area contributed by atoms with Crippen molar-refractivity contribution in [1.82, 2.24) is 9.80 Å². The summed E-state index contributed by atoms with van der Waals surface area (Å²) in [6, 6.07) is 24.1. The van der Waals surface area contributed by atoms with Crippen LogP contribution >= 0.6 is 11.8 Å². The summed E-state index contributed by atoms with van der Waals surface area (Å²) in [6.45, 7) is 5.69. The first kappa shape index (κ1) is 16.6. The topological polar surface area (TPSA) is 6.48 Å². The number of piperazine rings is 1. The largest absolute Gasteiger partial charge is 0.304 e. The van der Waals surface area contributed by atoms with Gasteiger partial charge in [0.15, 0.2) is 0 Å². The fraction of sp³-hybridized carbons (Fsp3) is 0.273. The van der Waals surface area contributed by atoms with E-state index in [1.807, 2.05) is 11.8 Å². The Hall–Kier alpha value is -1.81. The molecule has 3 aromatic carbocycles. The van der Waals surface area contributed by atoms with E-state index in [1.165, 1.54) is 39.2 Å². The molecule has 3 heteroatoms. The second kappa shape index (κ2) is 7.61. The summed E-state index contributed by atoms with van der Waals surface area (Å²) in [6.07, 6.45) is 0. The van der Waals surface area contributed by atoms with Crippen molar-refractivity contribution < 1.29 is 0 Å². The predicted molar refractivity (Wildman–Crippen MR) is 107 cm³/mol. The monoisotopic (exact) mass is 348 g/mol. The van der Waals surface area contributed by atoms with Gasteiger partial charge in [0.2, 0.25) is 0 Å². The first-order chi connectivity index (χ1) is 12.3. The maximum absolute atomic E-state index is 2.57. The Morgan fingerprint density at radius 2 is 1.44 bits per heavy atom. The van der Waals surface area contributed by atoms with Crippen molar-refractivity contribution in [2.24, 2.45) is 0 Å². The van der Waals surface area contributed by atoms with E-state index >= 15 is 0 Å². The van der Waals surface area contributed by atoms with Gasteiger partial charge < -0.3 is 4.90 Å². The number of likely N-dealkylation sites (N-methyl/N-ethyl adjacent to an activating group) is 1. The van der Waals surface area contributed by atoms with Crippen LogP contribution < -0.4 is 0 Å². The van der Waals surface area contributed by atoms with Gasteiger partial charge in [-0.15, -0.1) is 0 Å². The van der Waals surface area contributed by atoms with Crippen molar-refractivity contribution in [3.05, 3.63) is 72.3 Å². The molecule has 1 aliphatic rings. The molecule has 0 amide bonds. The lowest BCUT2D eigenvalue weighted by Gasteiger charge is -2.32. The summed E-state index contributed by atoms with van der Waals surface area (Å²) >= 11 is 1.90. The van der Waals surface area contributed by atoms with Gasteiger partial charge in [-0.2, -0.15) is 0 Å². The molecule has 0 aromatic heterocycles. The molecule has 3 aromatic rings. The maximum Gasteiger partial charge on any atom is 0.0246 e. The molecule has 25 heavy (non-hydrogen) atoms. The molecule has 0 atom stereocenters. The van der Waals surface area contributed by atoms with Crippen molar-refractivity contribution in [1.29, 1.82) is 0 Å². The number of hydrogen-bond donors (Lipinski definition) is 0. The van der Waals surface area contributed by atoms with Crippen LogP contribution in [0.4, 0.5) is 0 Å². The van der Waals surface area contributed by atoms with Gasteiger partial charge in [-0.1, -0.05) is 66.4 Å². The van der Waals surface area contributed by atoms with Gasteiger partial charge in [-0.25, -0.2) is 0 Å². The normalized spacial score (nSPS) is 16.4. The highest BCUT2D eigenvalue weighted by molar-refractivity contribution is 7.99. The zero-order valence-corrected chi connectivity index (χ0v) is 15.5. The summed E-state index contributed by atoms with van der Waals surface area (Å²) in [7, 11) is 2.21. The molecular formula is C22H24N2S. The Kier molecular flexibility index (Phi) is 5.07. The third-order valence-corrected chi connectivity index (χ3v) is 6.13. The second-order valence-corrected chi connectivity index (χ2v) is 7.85. The molecule has 1 fully saturated rings. The fourth-order valence-corrected chi connectivity index (χ4v) is 4.47. The SMILES string of the molecule is CN1CCN(Cc2ccccc2Sc2cccc3ccccc23)CC1. The van der Waals surface area contributed by atoms with E-state index in [0.29, 0.717) is 0 Å². The van der Waals surface area contributed by atoms with Crippen LogP contribution in [0.25, 0.3) is 10.8 Å². The third kappa shape index (κ3) is 3.90. The van der Waals surface area contributed by atoms with Gasteiger partial charge in [0, 0.05) is 42.5 Å². The van der Waals surface area contributed by atoms with Gasteiger partial charge in [0.25, 0.3) is 0 Å². The van der Waals surface area contributed by atoms with Crippen molar-refractivity contribution in [3.8, 4) is 0 Å². The van der Waals surface area contributed by atoms with Crippen molar-refractivity contribution in [3.63, 3.8) is 0 Å². The van der Waals surface area contributed by atoms with Gasteiger partial charge in [0.05, 0.1) is 0 Å². The standard InChI is InChI=1S/C22H24N2S/c1-23-13-15-24(16-14-23)17-19-8-3-5-11-21(19)25-22-12-6-9-18-7-2-4-10-20(18)22/h2-12H,13-17H2,1H3. The highest BCUT2D eigenvalue weighted by Crippen LogP contribution is 2.35. The van der Waals surface area contributed by atoms with Crippen LogP contribution in [0.3, 0.4) is 0 Å². The van der Waals surface area contributed by atoms with Crippen molar-refractivity contribution in [2.75, 3.05) is 33.2 Å². The van der Waals surface area contributed by atoms with E-state index in [4.69, 9.17) is 0 Å². The first-order valence-corrected chi connectivity index (χ1v) is 9.76. The Bertz CT molecular complexity index is 848. The lowest BCUT2D eigenvalue weighted by molar-refractivity contribution is 0.147. The molecule has 0 bridgehead atoms. The smallest absolute Gasteiger partial charge is 0.0246 e. The minimum Gasteiger partial charge on any atom is -0.304 e. The van der Waals surface area contributed by atoms with Gasteiger partial charge in [0.1, 0.15) is 0 Å². The minimum atomic E-state index is 1.04. The Labute approximate surface area is 154 Å². The van der Waals surface area contributed by atoms with E-state index in [9.17, 15) is 0 Å². The summed E-state index contributed by atoms with van der Waals surface area (Å²) in [4.78, 5) is 7.69. The van der Waals surface area contributed by atoms with Gasteiger partial charge >= 0.3 is 0 Å². The number of benzene rings is 3. The third-order valence-electron chi connectivity index (χ3n) is 4.93. The van der Waals surface area contributed by atoms with E-state index in [0.717, 1.165) is 19.6 Å². The Balaban J connectivity index is 1.58. The van der Waals surface area contributed by atoms with Gasteiger partial charge in [-0.3, -0.25) is 4.90 Å². The molecule has 0 N–H and O–H groups in total. The van der Waals surface area contributed by atoms with Crippen LogP contribution in [0.2, 0.25) is 0 Å².